The number of carbonyl (C=O) groups excluding carboxylic acids is 1. The van der Waals surface area contributed by atoms with E-state index in [1.54, 1.807) is 20.1 Å². The van der Waals surface area contributed by atoms with Crippen LogP contribution >= 0.6 is 0 Å². The van der Waals surface area contributed by atoms with E-state index in [9.17, 15) is 13.2 Å². The van der Waals surface area contributed by atoms with Crippen molar-refractivity contribution in [3.05, 3.63) is 53.6 Å². The van der Waals surface area contributed by atoms with Crippen LogP contribution in [0, 0.1) is 5.41 Å². The average molecular weight is 432 g/mol. The van der Waals surface area contributed by atoms with Crippen LogP contribution in [-0.2, 0) is 21.1 Å². The summed E-state index contributed by atoms with van der Waals surface area (Å²) in [5.74, 6) is 0.576. The minimum Gasteiger partial charge on any atom is -0.497 e. The second kappa shape index (κ2) is 10.1. The summed E-state index contributed by atoms with van der Waals surface area (Å²) >= 11 is 0. The Morgan fingerprint density at radius 1 is 1.10 bits per heavy atom. The minimum atomic E-state index is -3.64. The van der Waals surface area contributed by atoms with Crippen LogP contribution in [0.3, 0.4) is 0 Å². The molecule has 6 heteroatoms. The molecule has 1 unspecified atom stereocenters. The lowest BCUT2D eigenvalue weighted by Gasteiger charge is -2.24. The number of benzene rings is 2. The fourth-order valence-electron chi connectivity index (χ4n) is 3.51. The predicted octanol–water partition coefficient (Wildman–Crippen LogP) is 4.52. The smallest absolute Gasteiger partial charge is 0.179 e. The van der Waals surface area contributed by atoms with Gasteiger partial charge < -0.3 is 14.4 Å². The number of hydrogen-bond donors (Lipinski definition) is 0. The second-order valence-electron chi connectivity index (χ2n) is 8.35. The predicted molar refractivity (Wildman–Crippen MR) is 122 cm³/mol. The van der Waals surface area contributed by atoms with Crippen LogP contribution in [0.4, 0.5) is 5.69 Å². The second-order valence-corrected chi connectivity index (χ2v) is 10.3. The molecule has 0 aliphatic heterocycles. The van der Waals surface area contributed by atoms with E-state index >= 15 is 0 Å². The maximum Gasteiger partial charge on any atom is 0.179 e. The van der Waals surface area contributed by atoms with Gasteiger partial charge in [0.2, 0.25) is 0 Å². The first-order valence-electron chi connectivity index (χ1n) is 10.3. The van der Waals surface area contributed by atoms with Gasteiger partial charge in [-0.3, -0.25) is 0 Å². The Morgan fingerprint density at radius 2 is 1.77 bits per heavy atom. The number of nitrogens with zero attached hydrogens (tertiary/aromatic N) is 1. The van der Waals surface area contributed by atoms with Gasteiger partial charge in [-0.15, -0.1) is 0 Å². The molecular formula is C24H33NO4S. The van der Waals surface area contributed by atoms with Crippen LogP contribution in [0.5, 0.6) is 5.75 Å². The molecular weight excluding hydrogens is 398 g/mol. The third kappa shape index (κ3) is 6.08. The van der Waals surface area contributed by atoms with Gasteiger partial charge in [-0.25, -0.2) is 8.42 Å². The van der Waals surface area contributed by atoms with Crippen molar-refractivity contribution in [3.8, 4) is 5.75 Å². The molecule has 0 saturated heterocycles. The van der Waals surface area contributed by atoms with Crippen molar-refractivity contribution < 1.29 is 17.9 Å². The number of hydrogen-bond acceptors (Lipinski definition) is 5. The summed E-state index contributed by atoms with van der Waals surface area (Å²) in [6.07, 6.45) is 3.59. The van der Waals surface area contributed by atoms with E-state index < -0.39 is 15.3 Å². The Kier molecular flexibility index (Phi) is 8.07. The molecule has 1 atom stereocenters. The third-order valence-corrected chi connectivity index (χ3v) is 7.46. The highest BCUT2D eigenvalue weighted by Crippen LogP contribution is 2.31. The van der Waals surface area contributed by atoms with Crippen molar-refractivity contribution in [2.45, 2.75) is 44.4 Å². The summed E-state index contributed by atoms with van der Waals surface area (Å²) < 4.78 is 32.0. The van der Waals surface area contributed by atoms with Gasteiger partial charge in [0, 0.05) is 25.2 Å². The van der Waals surface area contributed by atoms with Gasteiger partial charge in [-0.2, -0.15) is 0 Å². The van der Waals surface area contributed by atoms with Crippen molar-refractivity contribution >= 4 is 21.8 Å². The van der Waals surface area contributed by atoms with Gasteiger partial charge in [0.15, 0.2) is 9.84 Å². The normalized spacial score (nSPS) is 13.5. The molecule has 0 heterocycles. The number of methoxy groups -OCH3 is 1. The molecule has 2 rings (SSSR count). The van der Waals surface area contributed by atoms with Gasteiger partial charge in [0.05, 0.1) is 17.8 Å². The molecule has 0 aliphatic rings. The molecule has 2 aromatic carbocycles. The Morgan fingerprint density at radius 3 is 2.30 bits per heavy atom. The van der Waals surface area contributed by atoms with E-state index in [1.165, 1.54) is 0 Å². The Bertz CT molecular complexity index is 952. The van der Waals surface area contributed by atoms with Crippen molar-refractivity contribution in [1.82, 2.24) is 0 Å². The molecule has 0 aromatic heterocycles. The fourth-order valence-corrected chi connectivity index (χ4v) is 5.55. The lowest BCUT2D eigenvalue weighted by Crippen LogP contribution is -2.29. The van der Waals surface area contributed by atoms with Crippen LogP contribution in [-0.4, -0.2) is 41.7 Å². The van der Waals surface area contributed by atoms with Crippen LogP contribution in [0.15, 0.2) is 47.4 Å². The molecule has 164 valence electrons. The fraction of sp³-hybridized carbons (Fsp3) is 0.458. The summed E-state index contributed by atoms with van der Waals surface area (Å²) in [4.78, 5) is 14.0. The summed E-state index contributed by atoms with van der Waals surface area (Å²) in [7, 11) is 1.82. The van der Waals surface area contributed by atoms with E-state index in [2.05, 4.69) is 0 Å². The molecule has 0 N–H and O–H groups in total. The molecule has 0 spiro atoms. The molecule has 0 saturated carbocycles. The number of aldehydes is 1. The van der Waals surface area contributed by atoms with E-state index in [4.69, 9.17) is 4.74 Å². The summed E-state index contributed by atoms with van der Waals surface area (Å²) in [5, 5.41) is 0. The molecule has 0 amide bonds. The Balaban J connectivity index is 2.45. The first-order chi connectivity index (χ1) is 14.1. The van der Waals surface area contributed by atoms with E-state index in [0.29, 0.717) is 17.7 Å². The van der Waals surface area contributed by atoms with Crippen LogP contribution in [0.1, 0.15) is 44.2 Å². The van der Waals surface area contributed by atoms with Gasteiger partial charge in [0.1, 0.15) is 12.0 Å². The van der Waals surface area contributed by atoms with Crippen molar-refractivity contribution in [2.24, 2.45) is 5.41 Å². The summed E-state index contributed by atoms with van der Waals surface area (Å²) in [5.41, 5.74) is 1.77. The number of unbranched alkanes of at least 4 members (excludes halogenated alkanes) is 1. The van der Waals surface area contributed by atoms with Crippen LogP contribution < -0.4 is 9.64 Å². The zero-order valence-corrected chi connectivity index (χ0v) is 19.5. The summed E-state index contributed by atoms with van der Waals surface area (Å²) in [6.45, 7) is 3.78. The molecule has 0 radical (unpaired) electrons. The highest BCUT2D eigenvalue weighted by molar-refractivity contribution is 7.91. The van der Waals surface area contributed by atoms with Gasteiger partial charge in [-0.05, 0) is 54.3 Å². The minimum absolute atomic E-state index is 0.180. The number of ether oxygens (including phenoxy) is 1. The standard InChI is InChI=1S/C24H33NO4S/c1-6-7-14-24(2,17-26)18-30(27,28)23-13-10-21(25(3)4)16-20(23)15-19-8-11-22(29-5)12-9-19/h8-13,16-17H,6-7,14-15,18H2,1-5H3. The third-order valence-electron chi connectivity index (χ3n) is 5.35. The quantitative estimate of drug-likeness (QED) is 0.490. The number of carbonyl (C=O) groups is 1. The zero-order valence-electron chi connectivity index (χ0n) is 18.6. The van der Waals surface area contributed by atoms with E-state index in [-0.39, 0.29) is 5.75 Å². The van der Waals surface area contributed by atoms with Crippen molar-refractivity contribution in [3.63, 3.8) is 0 Å². The van der Waals surface area contributed by atoms with Crippen molar-refractivity contribution in [1.29, 1.82) is 0 Å². The highest BCUT2D eigenvalue weighted by Gasteiger charge is 2.32. The average Bonchev–Trinajstić information content (AvgIpc) is 2.72. The maximum atomic E-state index is 13.4. The molecule has 5 nitrogen and oxygen atoms in total. The highest BCUT2D eigenvalue weighted by atomic mass is 32.2. The first-order valence-corrected chi connectivity index (χ1v) is 11.9. The molecule has 30 heavy (non-hydrogen) atoms. The largest absolute Gasteiger partial charge is 0.497 e. The van der Waals surface area contributed by atoms with Crippen LogP contribution in [0.2, 0.25) is 0 Å². The number of anilines is 1. The van der Waals surface area contributed by atoms with Crippen LogP contribution in [0.25, 0.3) is 0 Å². The molecule has 0 fully saturated rings. The number of sulfone groups is 1. The number of rotatable bonds is 11. The Hall–Kier alpha value is -2.34. The molecule has 0 aliphatic carbocycles. The molecule has 0 bridgehead atoms. The Labute approximate surface area is 181 Å². The van der Waals surface area contributed by atoms with Gasteiger partial charge in [0.25, 0.3) is 0 Å². The topological polar surface area (TPSA) is 63.7 Å². The maximum absolute atomic E-state index is 13.4. The zero-order chi connectivity index (χ0) is 22.4. The molecule has 2 aromatic rings. The first kappa shape index (κ1) is 23.9. The van der Waals surface area contributed by atoms with Gasteiger partial charge >= 0.3 is 0 Å². The monoisotopic (exact) mass is 431 g/mol. The van der Waals surface area contributed by atoms with Crippen molar-refractivity contribution in [2.75, 3.05) is 31.9 Å². The SMILES string of the molecule is CCCCC(C)(C=O)CS(=O)(=O)c1ccc(N(C)C)cc1Cc1ccc(OC)cc1. The van der Waals surface area contributed by atoms with E-state index in [0.717, 1.165) is 41.7 Å². The lowest BCUT2D eigenvalue weighted by molar-refractivity contribution is -0.114. The van der Waals surface area contributed by atoms with Gasteiger partial charge in [-0.1, -0.05) is 38.8 Å². The lowest BCUT2D eigenvalue weighted by atomic mass is 9.89. The summed E-state index contributed by atoms with van der Waals surface area (Å²) in [6, 6.07) is 13.0. The van der Waals surface area contributed by atoms with E-state index in [1.807, 2.05) is 62.3 Å².